The fourth-order valence-corrected chi connectivity index (χ4v) is 1.97. The lowest BCUT2D eigenvalue weighted by Gasteiger charge is -1.99. The summed E-state index contributed by atoms with van der Waals surface area (Å²) < 4.78 is 0. The third-order valence-electron chi connectivity index (χ3n) is 1.72. The molecule has 0 nitrogen and oxygen atoms in total. The summed E-state index contributed by atoms with van der Waals surface area (Å²) in [4.78, 5) is 2.57. The molecule has 0 aliphatic carbocycles. The van der Waals surface area contributed by atoms with Crippen LogP contribution < -0.4 is 0 Å². The summed E-state index contributed by atoms with van der Waals surface area (Å²) in [6.45, 7) is 0. The SMILES string of the molecule is C.c1ccc(Sc2ccccc2)cc1. The van der Waals surface area contributed by atoms with Gasteiger partial charge in [0.15, 0.2) is 0 Å². The van der Waals surface area contributed by atoms with Crippen molar-refractivity contribution in [2.45, 2.75) is 17.2 Å². The predicted octanol–water partition coefficient (Wildman–Crippen LogP) is 4.47. The Morgan fingerprint density at radius 1 is 0.571 bits per heavy atom. The highest BCUT2D eigenvalue weighted by Gasteiger charge is 1.93. The van der Waals surface area contributed by atoms with Crippen LogP contribution >= 0.6 is 11.8 Å². The van der Waals surface area contributed by atoms with Crippen molar-refractivity contribution in [2.24, 2.45) is 0 Å². The van der Waals surface area contributed by atoms with E-state index >= 15 is 0 Å². The number of hydrogen-bond donors (Lipinski definition) is 0. The summed E-state index contributed by atoms with van der Waals surface area (Å²) in [5.41, 5.74) is 0. The smallest absolute Gasteiger partial charge is 0.0122 e. The fraction of sp³-hybridized carbons (Fsp3) is 0.0769. The molecule has 0 fully saturated rings. The maximum absolute atomic E-state index is 2.12. The first-order valence-corrected chi connectivity index (χ1v) is 5.05. The summed E-state index contributed by atoms with van der Waals surface area (Å²) >= 11 is 1.79. The molecule has 2 rings (SSSR count). The molecule has 0 aromatic heterocycles. The van der Waals surface area contributed by atoms with Gasteiger partial charge in [-0.15, -0.1) is 0 Å². The molecule has 0 atom stereocenters. The van der Waals surface area contributed by atoms with E-state index < -0.39 is 0 Å². The van der Waals surface area contributed by atoms with Gasteiger partial charge in [0.05, 0.1) is 0 Å². The zero-order valence-electron chi connectivity index (χ0n) is 7.18. The number of benzene rings is 2. The van der Waals surface area contributed by atoms with Crippen LogP contribution in [-0.4, -0.2) is 0 Å². The molecule has 0 amide bonds. The van der Waals surface area contributed by atoms with Crippen LogP contribution in [0.1, 0.15) is 7.43 Å². The molecule has 2 aromatic rings. The first-order valence-electron chi connectivity index (χ1n) is 4.23. The zero-order chi connectivity index (χ0) is 8.93. The standard InChI is InChI=1S/C12H10S.CH4/c1-3-7-11(8-4-1)13-12-9-5-2-6-10-12;/h1-10H;1H4. The van der Waals surface area contributed by atoms with E-state index in [9.17, 15) is 0 Å². The average molecular weight is 202 g/mol. The molecule has 14 heavy (non-hydrogen) atoms. The highest BCUT2D eigenvalue weighted by molar-refractivity contribution is 7.99. The van der Waals surface area contributed by atoms with Crippen LogP contribution in [0.5, 0.6) is 0 Å². The molecule has 0 aliphatic rings. The molecule has 0 N–H and O–H groups in total. The Morgan fingerprint density at radius 2 is 0.929 bits per heavy atom. The van der Waals surface area contributed by atoms with Crippen molar-refractivity contribution in [2.75, 3.05) is 0 Å². The predicted molar refractivity (Wildman–Crippen MR) is 63.7 cm³/mol. The first kappa shape index (κ1) is 10.9. The van der Waals surface area contributed by atoms with Gasteiger partial charge in [0, 0.05) is 9.79 Å². The summed E-state index contributed by atoms with van der Waals surface area (Å²) in [5, 5.41) is 0. The lowest BCUT2D eigenvalue weighted by Crippen LogP contribution is -1.70. The van der Waals surface area contributed by atoms with Crippen molar-refractivity contribution in [3.8, 4) is 0 Å². The molecule has 0 saturated heterocycles. The van der Waals surface area contributed by atoms with Crippen molar-refractivity contribution in [1.82, 2.24) is 0 Å². The van der Waals surface area contributed by atoms with Crippen LogP contribution in [0, 0.1) is 0 Å². The van der Waals surface area contributed by atoms with E-state index in [1.54, 1.807) is 11.8 Å². The quantitative estimate of drug-likeness (QED) is 0.692. The molecule has 0 unspecified atom stereocenters. The summed E-state index contributed by atoms with van der Waals surface area (Å²) in [6, 6.07) is 20.8. The molecule has 1 heteroatoms. The Balaban J connectivity index is 0.000000980. The largest absolute Gasteiger partial charge is 0.0901 e. The van der Waals surface area contributed by atoms with E-state index in [0.717, 1.165) is 0 Å². The van der Waals surface area contributed by atoms with Gasteiger partial charge >= 0.3 is 0 Å². The molecule has 0 bridgehead atoms. The van der Waals surface area contributed by atoms with E-state index in [1.165, 1.54) is 9.79 Å². The van der Waals surface area contributed by atoms with Crippen molar-refractivity contribution < 1.29 is 0 Å². The minimum absolute atomic E-state index is 0. The van der Waals surface area contributed by atoms with Crippen LogP contribution in [0.25, 0.3) is 0 Å². The van der Waals surface area contributed by atoms with Crippen LogP contribution in [0.4, 0.5) is 0 Å². The van der Waals surface area contributed by atoms with Gasteiger partial charge in [-0.1, -0.05) is 55.6 Å². The Labute approximate surface area is 90.0 Å². The minimum atomic E-state index is 0. The molecule has 2 aromatic carbocycles. The first-order chi connectivity index (χ1) is 6.45. The molecule has 0 saturated carbocycles. The fourth-order valence-electron chi connectivity index (χ4n) is 1.11. The van der Waals surface area contributed by atoms with Crippen LogP contribution in [0.3, 0.4) is 0 Å². The van der Waals surface area contributed by atoms with Crippen molar-refractivity contribution in [3.63, 3.8) is 0 Å². The second-order valence-corrected chi connectivity index (χ2v) is 3.88. The van der Waals surface area contributed by atoms with Crippen LogP contribution in [0.15, 0.2) is 70.5 Å². The van der Waals surface area contributed by atoms with Gasteiger partial charge in [-0.25, -0.2) is 0 Å². The lowest BCUT2D eigenvalue weighted by molar-refractivity contribution is 1.41. The Hall–Kier alpha value is -1.21. The average Bonchev–Trinajstić information content (AvgIpc) is 2.21. The van der Waals surface area contributed by atoms with E-state index in [0.29, 0.717) is 0 Å². The van der Waals surface area contributed by atoms with Gasteiger partial charge in [-0.2, -0.15) is 0 Å². The lowest BCUT2D eigenvalue weighted by atomic mass is 10.4. The maximum Gasteiger partial charge on any atom is 0.0122 e. The molecule has 0 aliphatic heterocycles. The van der Waals surface area contributed by atoms with Gasteiger partial charge in [0.25, 0.3) is 0 Å². The van der Waals surface area contributed by atoms with Crippen LogP contribution in [-0.2, 0) is 0 Å². The van der Waals surface area contributed by atoms with Gasteiger partial charge in [0.1, 0.15) is 0 Å². The third kappa shape index (κ3) is 2.93. The molecular formula is C13H14S. The van der Waals surface area contributed by atoms with Gasteiger partial charge in [-0.05, 0) is 24.3 Å². The van der Waals surface area contributed by atoms with E-state index in [4.69, 9.17) is 0 Å². The van der Waals surface area contributed by atoms with Gasteiger partial charge in [-0.3, -0.25) is 0 Å². The van der Waals surface area contributed by atoms with Crippen molar-refractivity contribution in [3.05, 3.63) is 60.7 Å². The van der Waals surface area contributed by atoms with Gasteiger partial charge < -0.3 is 0 Å². The van der Waals surface area contributed by atoms with Crippen molar-refractivity contribution >= 4 is 11.8 Å². The summed E-state index contributed by atoms with van der Waals surface area (Å²) in [7, 11) is 0. The monoisotopic (exact) mass is 202 g/mol. The van der Waals surface area contributed by atoms with Gasteiger partial charge in [0.2, 0.25) is 0 Å². The minimum Gasteiger partial charge on any atom is -0.0901 e. The molecule has 0 radical (unpaired) electrons. The summed E-state index contributed by atoms with van der Waals surface area (Å²) in [6.07, 6.45) is 0. The molecular weight excluding hydrogens is 188 g/mol. The number of hydrogen-bond acceptors (Lipinski definition) is 1. The van der Waals surface area contributed by atoms with E-state index in [-0.39, 0.29) is 7.43 Å². The van der Waals surface area contributed by atoms with E-state index in [2.05, 4.69) is 48.5 Å². The maximum atomic E-state index is 2.12. The van der Waals surface area contributed by atoms with E-state index in [1.807, 2.05) is 12.1 Å². The molecule has 0 spiro atoms. The van der Waals surface area contributed by atoms with Crippen LogP contribution in [0.2, 0.25) is 0 Å². The zero-order valence-corrected chi connectivity index (χ0v) is 8.00. The number of rotatable bonds is 2. The third-order valence-corrected chi connectivity index (χ3v) is 2.74. The topological polar surface area (TPSA) is 0 Å². The molecule has 0 heterocycles. The second-order valence-electron chi connectivity index (χ2n) is 2.73. The Bertz CT molecular complexity index is 316. The van der Waals surface area contributed by atoms with Crippen molar-refractivity contribution in [1.29, 1.82) is 0 Å². The highest BCUT2D eigenvalue weighted by Crippen LogP contribution is 2.26. The normalized spacial score (nSPS) is 9.14. The molecule has 72 valence electrons. The second kappa shape index (κ2) is 5.51. The highest BCUT2D eigenvalue weighted by atomic mass is 32.2. The Morgan fingerprint density at radius 3 is 1.29 bits per heavy atom. The summed E-state index contributed by atoms with van der Waals surface area (Å²) in [5.74, 6) is 0. The Kier molecular flexibility index (Phi) is 4.27.